The second kappa shape index (κ2) is 7.86. The molecule has 25 heavy (non-hydrogen) atoms. The first-order chi connectivity index (χ1) is 11.7. The van der Waals surface area contributed by atoms with E-state index in [0.717, 1.165) is 25.0 Å². The van der Waals surface area contributed by atoms with Gasteiger partial charge in [0, 0.05) is 30.8 Å². The number of hydrogen-bond donors (Lipinski definition) is 3. The lowest BCUT2D eigenvalue weighted by Crippen LogP contribution is -2.38. The standard InChI is InChI=1S/C17H21F3N2O3/c1-10(24)21-15-7-12(6-13(8-15)17(18,19)20)16(25)22-14-4-2-11(9-23)3-5-14/h6-8,11,14,23H,2-5,9H2,1H3,(H,21,24)(H,22,25). The van der Waals surface area contributed by atoms with E-state index in [1.54, 1.807) is 0 Å². The summed E-state index contributed by atoms with van der Waals surface area (Å²) < 4.78 is 39.1. The summed E-state index contributed by atoms with van der Waals surface area (Å²) in [6.45, 7) is 1.29. The molecule has 3 N–H and O–H groups in total. The Morgan fingerprint density at radius 3 is 2.32 bits per heavy atom. The molecule has 1 aromatic rings. The van der Waals surface area contributed by atoms with E-state index in [9.17, 15) is 22.8 Å². The zero-order valence-corrected chi connectivity index (χ0v) is 13.8. The second-order valence-electron chi connectivity index (χ2n) is 6.35. The lowest BCUT2D eigenvalue weighted by atomic mass is 9.86. The van der Waals surface area contributed by atoms with Gasteiger partial charge in [-0.15, -0.1) is 0 Å². The van der Waals surface area contributed by atoms with Crippen molar-refractivity contribution in [3.8, 4) is 0 Å². The maximum absolute atomic E-state index is 13.0. The van der Waals surface area contributed by atoms with Crippen LogP contribution >= 0.6 is 0 Å². The Bertz CT molecular complexity index is 639. The predicted octanol–water partition coefficient (Wildman–Crippen LogP) is 2.94. The van der Waals surface area contributed by atoms with Crippen LogP contribution in [-0.2, 0) is 11.0 Å². The van der Waals surface area contributed by atoms with Crippen molar-refractivity contribution in [2.45, 2.75) is 44.8 Å². The number of aliphatic hydroxyl groups is 1. The molecule has 1 aliphatic rings. The minimum absolute atomic E-state index is 0.0727. The first-order valence-corrected chi connectivity index (χ1v) is 8.10. The average Bonchev–Trinajstić information content (AvgIpc) is 2.53. The van der Waals surface area contributed by atoms with Crippen molar-refractivity contribution < 1.29 is 27.9 Å². The highest BCUT2D eigenvalue weighted by molar-refractivity contribution is 5.97. The largest absolute Gasteiger partial charge is 0.416 e. The van der Waals surface area contributed by atoms with Gasteiger partial charge in [-0.3, -0.25) is 9.59 Å². The second-order valence-corrected chi connectivity index (χ2v) is 6.35. The highest BCUT2D eigenvalue weighted by atomic mass is 19.4. The van der Waals surface area contributed by atoms with Crippen LogP contribution in [-0.4, -0.2) is 29.6 Å². The third-order valence-corrected chi connectivity index (χ3v) is 4.28. The molecule has 1 aliphatic carbocycles. The Morgan fingerprint density at radius 1 is 1.16 bits per heavy atom. The van der Waals surface area contributed by atoms with Crippen LogP contribution in [0.5, 0.6) is 0 Å². The summed E-state index contributed by atoms with van der Waals surface area (Å²) in [7, 11) is 0. The van der Waals surface area contributed by atoms with E-state index in [4.69, 9.17) is 5.11 Å². The molecule has 0 spiro atoms. The van der Waals surface area contributed by atoms with Crippen molar-refractivity contribution in [2.75, 3.05) is 11.9 Å². The summed E-state index contributed by atoms with van der Waals surface area (Å²) in [6, 6.07) is 2.67. The van der Waals surface area contributed by atoms with Crippen molar-refractivity contribution in [1.29, 1.82) is 0 Å². The number of alkyl halides is 3. The van der Waals surface area contributed by atoms with Crippen LogP contribution < -0.4 is 10.6 Å². The molecule has 1 aromatic carbocycles. The van der Waals surface area contributed by atoms with Crippen molar-refractivity contribution >= 4 is 17.5 Å². The zero-order chi connectivity index (χ0) is 18.6. The van der Waals surface area contributed by atoms with Crippen molar-refractivity contribution in [3.63, 3.8) is 0 Å². The highest BCUT2D eigenvalue weighted by Gasteiger charge is 2.32. The molecule has 0 aromatic heterocycles. The maximum Gasteiger partial charge on any atom is 0.416 e. The van der Waals surface area contributed by atoms with Crippen LogP contribution in [0.1, 0.15) is 48.5 Å². The summed E-state index contributed by atoms with van der Waals surface area (Å²) in [6.07, 6.45) is -1.74. The smallest absolute Gasteiger partial charge is 0.396 e. The minimum Gasteiger partial charge on any atom is -0.396 e. The number of amides is 2. The molecular formula is C17H21F3N2O3. The fourth-order valence-corrected chi connectivity index (χ4v) is 2.96. The number of nitrogens with one attached hydrogen (secondary N) is 2. The van der Waals surface area contributed by atoms with Crippen LogP contribution in [0, 0.1) is 5.92 Å². The monoisotopic (exact) mass is 358 g/mol. The van der Waals surface area contributed by atoms with E-state index in [-0.39, 0.29) is 29.8 Å². The van der Waals surface area contributed by atoms with Crippen LogP contribution in [0.15, 0.2) is 18.2 Å². The van der Waals surface area contributed by atoms with Gasteiger partial charge in [0.15, 0.2) is 0 Å². The summed E-state index contributed by atoms with van der Waals surface area (Å²) in [5.41, 5.74) is -1.22. The van der Waals surface area contributed by atoms with Crippen molar-refractivity contribution in [1.82, 2.24) is 5.32 Å². The Kier molecular flexibility index (Phi) is 6.05. The summed E-state index contributed by atoms with van der Waals surface area (Å²) >= 11 is 0. The SMILES string of the molecule is CC(=O)Nc1cc(C(=O)NC2CCC(CO)CC2)cc(C(F)(F)F)c1. The van der Waals surface area contributed by atoms with Gasteiger partial charge in [-0.05, 0) is 49.8 Å². The van der Waals surface area contributed by atoms with Gasteiger partial charge >= 0.3 is 6.18 Å². The molecule has 0 atom stereocenters. The average molecular weight is 358 g/mol. The molecule has 8 heteroatoms. The molecule has 0 aliphatic heterocycles. The third-order valence-electron chi connectivity index (χ3n) is 4.28. The number of carbonyl (C=O) groups excluding carboxylic acids is 2. The molecule has 0 heterocycles. The van der Waals surface area contributed by atoms with Gasteiger partial charge in [-0.1, -0.05) is 0 Å². The topological polar surface area (TPSA) is 78.4 Å². The zero-order valence-electron chi connectivity index (χ0n) is 13.8. The fraction of sp³-hybridized carbons (Fsp3) is 0.529. The molecule has 0 bridgehead atoms. The Morgan fingerprint density at radius 2 is 1.80 bits per heavy atom. The number of rotatable bonds is 4. The molecule has 0 saturated heterocycles. The Labute approximate surface area is 143 Å². The van der Waals surface area contributed by atoms with Crippen LogP contribution in [0.25, 0.3) is 0 Å². The van der Waals surface area contributed by atoms with Gasteiger partial charge in [0.2, 0.25) is 5.91 Å². The Balaban J connectivity index is 2.16. The van der Waals surface area contributed by atoms with Gasteiger partial charge in [0.25, 0.3) is 5.91 Å². The summed E-state index contributed by atoms with van der Waals surface area (Å²) in [5, 5.41) is 14.1. The van der Waals surface area contributed by atoms with Crippen molar-refractivity contribution in [3.05, 3.63) is 29.3 Å². The van der Waals surface area contributed by atoms with Gasteiger partial charge in [0.1, 0.15) is 0 Å². The molecule has 2 amide bonds. The molecule has 1 saturated carbocycles. The first-order valence-electron chi connectivity index (χ1n) is 8.10. The fourth-order valence-electron chi connectivity index (χ4n) is 2.96. The number of benzene rings is 1. The van der Waals surface area contributed by atoms with E-state index in [1.165, 1.54) is 13.0 Å². The maximum atomic E-state index is 13.0. The van der Waals surface area contributed by atoms with Gasteiger partial charge < -0.3 is 15.7 Å². The van der Waals surface area contributed by atoms with Gasteiger partial charge in [-0.2, -0.15) is 13.2 Å². The van der Waals surface area contributed by atoms with E-state index in [2.05, 4.69) is 10.6 Å². The van der Waals surface area contributed by atoms with Crippen molar-refractivity contribution in [2.24, 2.45) is 5.92 Å². The van der Waals surface area contributed by atoms with E-state index in [0.29, 0.717) is 12.8 Å². The number of anilines is 1. The van der Waals surface area contributed by atoms with Crippen LogP contribution in [0.2, 0.25) is 0 Å². The van der Waals surface area contributed by atoms with Gasteiger partial charge in [0.05, 0.1) is 5.56 Å². The third kappa shape index (κ3) is 5.45. The summed E-state index contributed by atoms with van der Waals surface area (Å²) in [5.74, 6) is -0.911. The highest BCUT2D eigenvalue weighted by Crippen LogP contribution is 2.32. The molecule has 0 unspecified atom stereocenters. The number of aliphatic hydroxyl groups excluding tert-OH is 1. The quantitative estimate of drug-likeness (QED) is 0.774. The first kappa shape index (κ1) is 19.2. The predicted molar refractivity (Wildman–Crippen MR) is 86.0 cm³/mol. The van der Waals surface area contributed by atoms with E-state index in [1.807, 2.05) is 0 Å². The van der Waals surface area contributed by atoms with Crippen LogP contribution in [0.4, 0.5) is 18.9 Å². The molecular weight excluding hydrogens is 337 g/mol. The minimum atomic E-state index is -4.62. The van der Waals surface area contributed by atoms with Gasteiger partial charge in [-0.25, -0.2) is 0 Å². The molecule has 0 radical (unpaired) electrons. The normalized spacial score (nSPS) is 20.8. The van der Waals surface area contributed by atoms with E-state index >= 15 is 0 Å². The van der Waals surface area contributed by atoms with Crippen LogP contribution in [0.3, 0.4) is 0 Å². The Hall–Kier alpha value is -2.09. The molecule has 138 valence electrons. The molecule has 2 rings (SSSR count). The van der Waals surface area contributed by atoms with E-state index < -0.39 is 23.6 Å². The number of carbonyl (C=O) groups is 2. The summed E-state index contributed by atoms with van der Waals surface area (Å²) in [4.78, 5) is 23.5. The number of hydrogen-bond acceptors (Lipinski definition) is 3. The molecule has 5 nitrogen and oxygen atoms in total. The lowest BCUT2D eigenvalue weighted by molar-refractivity contribution is -0.137. The molecule has 1 fully saturated rings. The lowest BCUT2D eigenvalue weighted by Gasteiger charge is -2.28. The number of halogens is 3.